The molecule has 0 saturated carbocycles. The van der Waals surface area contributed by atoms with E-state index in [2.05, 4.69) is 18.4 Å². The molecule has 1 atom stereocenters. The van der Waals surface area contributed by atoms with Crippen LogP contribution in [0, 0.1) is 0 Å². The smallest absolute Gasteiger partial charge is 0.0944 e. The Morgan fingerprint density at radius 2 is 2.00 bits per heavy atom. The molecule has 0 radical (unpaired) electrons. The summed E-state index contributed by atoms with van der Waals surface area (Å²) in [4.78, 5) is 1.17. The molecule has 90 valence electrons. The Morgan fingerprint density at radius 1 is 1.24 bits per heavy atom. The Hall–Kier alpha value is -0.210. The molecule has 0 aliphatic heterocycles. The van der Waals surface area contributed by atoms with E-state index in [1.165, 1.54) is 10.4 Å². The maximum absolute atomic E-state index is 6.50. The topological polar surface area (TPSA) is 0 Å². The van der Waals surface area contributed by atoms with Crippen molar-refractivity contribution in [1.82, 2.24) is 0 Å². The summed E-state index contributed by atoms with van der Waals surface area (Å²) in [6, 6.07) is 7.55. The zero-order valence-corrected chi connectivity index (χ0v) is 12.3. The second kappa shape index (κ2) is 5.62. The lowest BCUT2D eigenvalue weighted by Crippen LogP contribution is -1.95. The normalized spacial score (nSPS) is 12.7. The third-order valence-corrected chi connectivity index (χ3v) is 4.80. The number of halogens is 3. The van der Waals surface area contributed by atoms with E-state index in [4.69, 9.17) is 34.8 Å². The number of hydrogen-bond donors (Lipinski definition) is 0. The van der Waals surface area contributed by atoms with Crippen LogP contribution in [0.4, 0.5) is 0 Å². The van der Waals surface area contributed by atoms with Crippen LogP contribution in [0.5, 0.6) is 0 Å². The maximum atomic E-state index is 6.50. The molecule has 1 aromatic heterocycles. The van der Waals surface area contributed by atoms with Crippen molar-refractivity contribution in [3.05, 3.63) is 55.7 Å². The van der Waals surface area contributed by atoms with Crippen molar-refractivity contribution in [2.24, 2.45) is 0 Å². The summed E-state index contributed by atoms with van der Waals surface area (Å²) in [5.74, 6) is 0. The van der Waals surface area contributed by atoms with E-state index in [0.717, 1.165) is 12.0 Å². The number of benzene rings is 1. The number of thiophene rings is 1. The highest BCUT2D eigenvalue weighted by atomic mass is 35.5. The van der Waals surface area contributed by atoms with Gasteiger partial charge in [-0.25, -0.2) is 0 Å². The third kappa shape index (κ3) is 2.79. The maximum Gasteiger partial charge on any atom is 0.0944 e. The van der Waals surface area contributed by atoms with Gasteiger partial charge in [0.05, 0.1) is 5.38 Å². The van der Waals surface area contributed by atoms with E-state index in [1.54, 1.807) is 17.4 Å². The lowest BCUT2D eigenvalue weighted by atomic mass is 10.1. The van der Waals surface area contributed by atoms with Gasteiger partial charge in [-0.15, -0.1) is 22.9 Å². The Bertz CT molecular complexity index is 519. The van der Waals surface area contributed by atoms with E-state index in [9.17, 15) is 0 Å². The van der Waals surface area contributed by atoms with E-state index in [1.807, 2.05) is 12.1 Å². The Morgan fingerprint density at radius 3 is 2.65 bits per heavy atom. The van der Waals surface area contributed by atoms with Gasteiger partial charge in [0.2, 0.25) is 0 Å². The lowest BCUT2D eigenvalue weighted by Gasteiger charge is -2.12. The predicted molar refractivity (Wildman–Crippen MR) is 77.9 cm³/mol. The van der Waals surface area contributed by atoms with Gasteiger partial charge < -0.3 is 0 Å². The molecular formula is C13H11Cl3S. The standard InChI is InChI=1S/C13H11Cl3S/c1-2-8-5-6-17-13(8)12(16)10-4-3-9(14)7-11(10)15/h3-7,12H,2H2,1H3. The van der Waals surface area contributed by atoms with Gasteiger partial charge in [0.1, 0.15) is 0 Å². The largest absolute Gasteiger partial charge is 0.147 e. The van der Waals surface area contributed by atoms with Crippen LogP contribution in [0.25, 0.3) is 0 Å². The zero-order chi connectivity index (χ0) is 12.4. The van der Waals surface area contributed by atoms with Crippen LogP contribution in [0.1, 0.15) is 28.3 Å². The average molecular weight is 306 g/mol. The van der Waals surface area contributed by atoms with Crippen LogP contribution in [0.2, 0.25) is 10.0 Å². The Kier molecular flexibility index (Phi) is 4.37. The Balaban J connectivity index is 2.40. The minimum atomic E-state index is -0.199. The van der Waals surface area contributed by atoms with Gasteiger partial charge in [0, 0.05) is 14.9 Å². The lowest BCUT2D eigenvalue weighted by molar-refractivity contribution is 1.08. The van der Waals surface area contributed by atoms with Gasteiger partial charge in [0.25, 0.3) is 0 Å². The molecule has 0 bridgehead atoms. The molecule has 4 heteroatoms. The average Bonchev–Trinajstić information content (AvgIpc) is 2.76. The molecule has 0 aliphatic carbocycles. The first-order valence-electron chi connectivity index (χ1n) is 5.28. The van der Waals surface area contributed by atoms with Crippen LogP contribution in [-0.2, 0) is 6.42 Å². The minimum absolute atomic E-state index is 0.199. The van der Waals surface area contributed by atoms with Crippen molar-refractivity contribution in [1.29, 1.82) is 0 Å². The van der Waals surface area contributed by atoms with Crippen LogP contribution in [0.15, 0.2) is 29.6 Å². The van der Waals surface area contributed by atoms with E-state index in [-0.39, 0.29) is 5.38 Å². The molecule has 1 aromatic carbocycles. The fourth-order valence-electron chi connectivity index (χ4n) is 1.71. The minimum Gasteiger partial charge on any atom is -0.147 e. The number of aryl methyl sites for hydroxylation is 1. The first-order valence-corrected chi connectivity index (χ1v) is 7.36. The van der Waals surface area contributed by atoms with Gasteiger partial charge in [-0.05, 0) is 41.1 Å². The number of alkyl halides is 1. The van der Waals surface area contributed by atoms with Crippen LogP contribution < -0.4 is 0 Å². The highest BCUT2D eigenvalue weighted by Gasteiger charge is 2.18. The molecule has 0 nitrogen and oxygen atoms in total. The first-order chi connectivity index (χ1) is 8.13. The predicted octanol–water partition coefficient (Wildman–Crippen LogP) is 5.95. The molecule has 0 fully saturated rings. The zero-order valence-electron chi connectivity index (χ0n) is 9.21. The second-order valence-corrected chi connectivity index (χ2v) is 5.92. The highest BCUT2D eigenvalue weighted by Crippen LogP contribution is 2.39. The van der Waals surface area contributed by atoms with Gasteiger partial charge in [-0.2, -0.15) is 0 Å². The van der Waals surface area contributed by atoms with Crippen LogP contribution in [-0.4, -0.2) is 0 Å². The molecular weight excluding hydrogens is 295 g/mol. The molecule has 1 unspecified atom stereocenters. The van der Waals surface area contributed by atoms with Crippen molar-refractivity contribution in [2.75, 3.05) is 0 Å². The molecule has 1 heterocycles. The molecule has 0 saturated heterocycles. The van der Waals surface area contributed by atoms with Crippen molar-refractivity contribution >= 4 is 46.1 Å². The molecule has 2 aromatic rings. The van der Waals surface area contributed by atoms with Gasteiger partial charge in [-0.1, -0.05) is 36.2 Å². The summed E-state index contributed by atoms with van der Waals surface area (Å²) in [6.45, 7) is 2.12. The summed E-state index contributed by atoms with van der Waals surface area (Å²) in [5, 5.41) is 3.11. The summed E-state index contributed by atoms with van der Waals surface area (Å²) in [7, 11) is 0. The fraction of sp³-hybridized carbons (Fsp3) is 0.231. The Labute approximate surface area is 120 Å². The highest BCUT2D eigenvalue weighted by molar-refractivity contribution is 7.10. The van der Waals surface area contributed by atoms with Crippen molar-refractivity contribution in [2.45, 2.75) is 18.7 Å². The van der Waals surface area contributed by atoms with Crippen LogP contribution >= 0.6 is 46.1 Å². The van der Waals surface area contributed by atoms with Crippen LogP contribution in [0.3, 0.4) is 0 Å². The fourth-order valence-corrected chi connectivity index (χ4v) is 3.76. The monoisotopic (exact) mass is 304 g/mol. The molecule has 0 aliphatic rings. The summed E-state index contributed by atoms with van der Waals surface area (Å²) >= 11 is 20.2. The summed E-state index contributed by atoms with van der Waals surface area (Å²) in [5.41, 5.74) is 2.19. The third-order valence-electron chi connectivity index (χ3n) is 2.63. The van der Waals surface area contributed by atoms with E-state index in [0.29, 0.717) is 10.0 Å². The number of rotatable bonds is 3. The second-order valence-electron chi connectivity index (χ2n) is 3.69. The number of hydrogen-bond acceptors (Lipinski definition) is 1. The quantitative estimate of drug-likeness (QED) is 0.615. The SMILES string of the molecule is CCc1ccsc1C(Cl)c1ccc(Cl)cc1Cl. The molecule has 0 N–H and O–H groups in total. The van der Waals surface area contributed by atoms with Crippen molar-refractivity contribution in [3.63, 3.8) is 0 Å². The summed E-state index contributed by atoms with van der Waals surface area (Å²) in [6.07, 6.45) is 0.979. The summed E-state index contributed by atoms with van der Waals surface area (Å²) < 4.78 is 0. The van der Waals surface area contributed by atoms with Gasteiger partial charge in [-0.3, -0.25) is 0 Å². The molecule has 17 heavy (non-hydrogen) atoms. The van der Waals surface area contributed by atoms with Crippen molar-refractivity contribution in [3.8, 4) is 0 Å². The van der Waals surface area contributed by atoms with Crippen molar-refractivity contribution < 1.29 is 0 Å². The molecule has 2 rings (SSSR count). The first kappa shape index (κ1) is 13.2. The van der Waals surface area contributed by atoms with E-state index < -0.39 is 0 Å². The van der Waals surface area contributed by atoms with Gasteiger partial charge in [0.15, 0.2) is 0 Å². The molecule has 0 amide bonds. The molecule has 0 spiro atoms. The van der Waals surface area contributed by atoms with E-state index >= 15 is 0 Å². The van der Waals surface area contributed by atoms with Gasteiger partial charge >= 0.3 is 0 Å².